The first-order chi connectivity index (χ1) is 8.83. The van der Waals surface area contributed by atoms with Crippen molar-refractivity contribution in [2.45, 2.75) is 13.5 Å². The Morgan fingerprint density at radius 2 is 2.06 bits per heavy atom. The third-order valence-electron chi connectivity index (χ3n) is 3.01. The number of benzene rings is 1. The lowest BCUT2D eigenvalue weighted by molar-refractivity contribution is 0.197. The second-order valence-electron chi connectivity index (χ2n) is 4.23. The summed E-state index contributed by atoms with van der Waals surface area (Å²) >= 11 is 0. The van der Waals surface area contributed by atoms with Crippen molar-refractivity contribution in [2.75, 3.05) is 19.7 Å². The predicted octanol–water partition coefficient (Wildman–Crippen LogP) is 1.69. The first-order valence-corrected chi connectivity index (χ1v) is 6.24. The highest BCUT2D eigenvalue weighted by Crippen LogP contribution is 2.11. The van der Waals surface area contributed by atoms with E-state index in [1.807, 2.05) is 10.8 Å². The molecule has 96 valence electrons. The molecule has 18 heavy (non-hydrogen) atoms. The van der Waals surface area contributed by atoms with E-state index in [1.54, 1.807) is 12.5 Å². The van der Waals surface area contributed by atoms with E-state index in [2.05, 4.69) is 41.1 Å². The Balaban J connectivity index is 2.03. The van der Waals surface area contributed by atoms with Crippen molar-refractivity contribution in [3.63, 3.8) is 0 Å². The van der Waals surface area contributed by atoms with E-state index < -0.39 is 0 Å². The molecule has 4 heteroatoms. The van der Waals surface area contributed by atoms with Gasteiger partial charge in [-0.25, -0.2) is 4.98 Å². The maximum absolute atomic E-state index is 8.96. The largest absolute Gasteiger partial charge is 0.395 e. The fourth-order valence-corrected chi connectivity index (χ4v) is 1.93. The highest BCUT2D eigenvalue weighted by molar-refractivity contribution is 5.34. The van der Waals surface area contributed by atoms with Gasteiger partial charge in [0.25, 0.3) is 0 Å². The molecule has 1 N–H and O–H groups in total. The number of rotatable bonds is 6. The molecule has 0 aliphatic heterocycles. The summed E-state index contributed by atoms with van der Waals surface area (Å²) in [6, 6.07) is 8.42. The average Bonchev–Trinajstić information content (AvgIpc) is 2.93. The molecule has 0 saturated heterocycles. The number of imidazole rings is 1. The zero-order valence-electron chi connectivity index (χ0n) is 10.7. The van der Waals surface area contributed by atoms with Gasteiger partial charge in [-0.2, -0.15) is 0 Å². The predicted molar refractivity (Wildman–Crippen MR) is 71.6 cm³/mol. The summed E-state index contributed by atoms with van der Waals surface area (Å²) in [4.78, 5) is 6.25. The van der Waals surface area contributed by atoms with E-state index >= 15 is 0 Å². The Morgan fingerprint density at radius 3 is 2.61 bits per heavy atom. The van der Waals surface area contributed by atoms with E-state index in [4.69, 9.17) is 5.11 Å². The highest BCUT2D eigenvalue weighted by atomic mass is 16.3. The van der Waals surface area contributed by atoms with Gasteiger partial charge in [-0.05, 0) is 24.2 Å². The molecule has 1 aromatic carbocycles. The number of hydrogen-bond donors (Lipinski definition) is 1. The van der Waals surface area contributed by atoms with Gasteiger partial charge in [0.1, 0.15) is 0 Å². The lowest BCUT2D eigenvalue weighted by Crippen LogP contribution is -2.26. The zero-order chi connectivity index (χ0) is 12.8. The SMILES string of the molecule is CCN(CCO)Cc1ccc(-n2ccnc2)cc1. The number of aliphatic hydroxyl groups excluding tert-OH is 1. The van der Waals surface area contributed by atoms with Crippen molar-refractivity contribution >= 4 is 0 Å². The molecule has 0 amide bonds. The van der Waals surface area contributed by atoms with Crippen LogP contribution in [-0.2, 0) is 6.54 Å². The number of hydrogen-bond acceptors (Lipinski definition) is 3. The molecule has 0 atom stereocenters. The molecular formula is C14H19N3O. The van der Waals surface area contributed by atoms with Crippen LogP contribution in [0.4, 0.5) is 0 Å². The quantitative estimate of drug-likeness (QED) is 0.842. The maximum Gasteiger partial charge on any atom is 0.0991 e. The number of aromatic nitrogens is 2. The van der Waals surface area contributed by atoms with Crippen LogP contribution in [0.1, 0.15) is 12.5 Å². The smallest absolute Gasteiger partial charge is 0.0991 e. The van der Waals surface area contributed by atoms with Crippen LogP contribution in [-0.4, -0.2) is 39.3 Å². The maximum atomic E-state index is 8.96. The van der Waals surface area contributed by atoms with E-state index in [9.17, 15) is 0 Å². The molecule has 0 fully saturated rings. The van der Waals surface area contributed by atoms with Gasteiger partial charge in [0.2, 0.25) is 0 Å². The monoisotopic (exact) mass is 245 g/mol. The van der Waals surface area contributed by atoms with Gasteiger partial charge >= 0.3 is 0 Å². The standard InChI is InChI=1S/C14H19N3O/c1-2-16(9-10-18)11-13-3-5-14(6-4-13)17-8-7-15-12-17/h3-8,12,18H,2,9-11H2,1H3. The molecule has 0 bridgehead atoms. The van der Waals surface area contributed by atoms with E-state index in [1.165, 1.54) is 5.56 Å². The Bertz CT molecular complexity index is 450. The summed E-state index contributed by atoms with van der Waals surface area (Å²) in [5, 5.41) is 8.96. The first-order valence-electron chi connectivity index (χ1n) is 6.24. The van der Waals surface area contributed by atoms with Gasteiger partial charge in [0, 0.05) is 31.2 Å². The third kappa shape index (κ3) is 3.18. The fraction of sp³-hybridized carbons (Fsp3) is 0.357. The topological polar surface area (TPSA) is 41.3 Å². The van der Waals surface area contributed by atoms with Crippen molar-refractivity contribution < 1.29 is 5.11 Å². The van der Waals surface area contributed by atoms with Gasteiger partial charge in [-0.3, -0.25) is 4.90 Å². The Kier molecular flexibility index (Phi) is 4.50. The summed E-state index contributed by atoms with van der Waals surface area (Å²) in [7, 11) is 0. The van der Waals surface area contributed by atoms with Crippen LogP contribution in [0, 0.1) is 0 Å². The van der Waals surface area contributed by atoms with Crippen molar-refractivity contribution in [3.8, 4) is 5.69 Å². The normalized spacial score (nSPS) is 11.1. The Morgan fingerprint density at radius 1 is 1.28 bits per heavy atom. The van der Waals surface area contributed by atoms with Crippen molar-refractivity contribution in [3.05, 3.63) is 48.5 Å². The van der Waals surface area contributed by atoms with E-state index in [0.29, 0.717) is 0 Å². The number of likely N-dealkylation sites (N-methyl/N-ethyl adjacent to an activating group) is 1. The van der Waals surface area contributed by atoms with Crippen LogP contribution >= 0.6 is 0 Å². The van der Waals surface area contributed by atoms with Crippen molar-refractivity contribution in [1.82, 2.24) is 14.5 Å². The average molecular weight is 245 g/mol. The molecular weight excluding hydrogens is 226 g/mol. The molecule has 2 aromatic rings. The van der Waals surface area contributed by atoms with Crippen molar-refractivity contribution in [2.24, 2.45) is 0 Å². The van der Waals surface area contributed by atoms with Crippen LogP contribution in [0.15, 0.2) is 43.0 Å². The summed E-state index contributed by atoms with van der Waals surface area (Å²) in [5.74, 6) is 0. The summed E-state index contributed by atoms with van der Waals surface area (Å²) in [6.07, 6.45) is 5.49. The van der Waals surface area contributed by atoms with E-state index in [0.717, 1.165) is 25.3 Å². The fourth-order valence-electron chi connectivity index (χ4n) is 1.93. The van der Waals surface area contributed by atoms with Gasteiger partial charge in [-0.1, -0.05) is 19.1 Å². The van der Waals surface area contributed by atoms with Crippen LogP contribution in [0.2, 0.25) is 0 Å². The van der Waals surface area contributed by atoms with Crippen LogP contribution in [0.3, 0.4) is 0 Å². The minimum absolute atomic E-state index is 0.209. The van der Waals surface area contributed by atoms with Gasteiger partial charge in [0.05, 0.1) is 12.9 Å². The molecule has 0 radical (unpaired) electrons. The van der Waals surface area contributed by atoms with Crippen LogP contribution in [0.25, 0.3) is 5.69 Å². The number of nitrogens with zero attached hydrogens (tertiary/aromatic N) is 3. The van der Waals surface area contributed by atoms with Gasteiger partial charge in [-0.15, -0.1) is 0 Å². The molecule has 0 saturated carbocycles. The first kappa shape index (κ1) is 12.8. The summed E-state index contributed by atoms with van der Waals surface area (Å²) in [5.41, 5.74) is 2.37. The minimum Gasteiger partial charge on any atom is -0.395 e. The van der Waals surface area contributed by atoms with Gasteiger partial charge in [0.15, 0.2) is 0 Å². The molecule has 1 aromatic heterocycles. The Hall–Kier alpha value is -1.65. The minimum atomic E-state index is 0.209. The van der Waals surface area contributed by atoms with Crippen molar-refractivity contribution in [1.29, 1.82) is 0 Å². The molecule has 0 spiro atoms. The summed E-state index contributed by atoms with van der Waals surface area (Å²) in [6.45, 7) is 4.86. The van der Waals surface area contributed by atoms with Gasteiger partial charge < -0.3 is 9.67 Å². The molecule has 4 nitrogen and oxygen atoms in total. The van der Waals surface area contributed by atoms with Crippen LogP contribution in [0.5, 0.6) is 0 Å². The lowest BCUT2D eigenvalue weighted by atomic mass is 10.2. The molecule has 0 aliphatic carbocycles. The second kappa shape index (κ2) is 6.33. The summed E-state index contributed by atoms with van der Waals surface area (Å²) < 4.78 is 1.98. The number of aliphatic hydroxyl groups is 1. The third-order valence-corrected chi connectivity index (χ3v) is 3.01. The molecule has 2 rings (SSSR count). The molecule has 1 heterocycles. The van der Waals surface area contributed by atoms with Crippen LogP contribution < -0.4 is 0 Å². The van der Waals surface area contributed by atoms with E-state index in [-0.39, 0.29) is 6.61 Å². The lowest BCUT2D eigenvalue weighted by Gasteiger charge is -2.19. The zero-order valence-corrected chi connectivity index (χ0v) is 10.7. The highest BCUT2D eigenvalue weighted by Gasteiger charge is 2.03. The second-order valence-corrected chi connectivity index (χ2v) is 4.23. The molecule has 0 aliphatic rings. The Labute approximate surface area is 108 Å². The molecule has 0 unspecified atom stereocenters.